The standard InChI is InChI=1S/C19H26N2O2/c1-13-6-4-5-7-17(13)19-20-18(15(3)23-19)12-21-10-8-16(9-11-21)14(2)22/h4-7,14,16,22H,8-12H2,1-3H3/t14-/m0/s1. The summed E-state index contributed by atoms with van der Waals surface area (Å²) in [6.45, 7) is 8.83. The van der Waals surface area contributed by atoms with Crippen molar-refractivity contribution in [2.24, 2.45) is 5.92 Å². The maximum atomic E-state index is 9.71. The fraction of sp³-hybridized carbons (Fsp3) is 0.526. The number of piperidine rings is 1. The van der Waals surface area contributed by atoms with Crippen molar-refractivity contribution in [3.63, 3.8) is 0 Å². The van der Waals surface area contributed by atoms with E-state index in [-0.39, 0.29) is 6.10 Å². The molecule has 0 amide bonds. The molecule has 0 radical (unpaired) electrons. The van der Waals surface area contributed by atoms with Crippen LogP contribution in [0.2, 0.25) is 0 Å². The second-order valence-corrected chi connectivity index (χ2v) is 6.69. The molecular weight excluding hydrogens is 288 g/mol. The Hall–Kier alpha value is -1.65. The Morgan fingerprint density at radius 2 is 1.96 bits per heavy atom. The predicted molar refractivity (Wildman–Crippen MR) is 91.1 cm³/mol. The van der Waals surface area contributed by atoms with Crippen molar-refractivity contribution < 1.29 is 9.52 Å². The highest BCUT2D eigenvalue weighted by atomic mass is 16.4. The number of hydrogen-bond donors (Lipinski definition) is 1. The first-order chi connectivity index (χ1) is 11.0. The number of aromatic nitrogens is 1. The van der Waals surface area contributed by atoms with Gasteiger partial charge in [-0.1, -0.05) is 18.2 Å². The molecule has 1 saturated heterocycles. The maximum absolute atomic E-state index is 9.71. The highest BCUT2D eigenvalue weighted by Crippen LogP contribution is 2.27. The summed E-state index contributed by atoms with van der Waals surface area (Å²) in [5.74, 6) is 2.06. The van der Waals surface area contributed by atoms with Crippen molar-refractivity contribution in [1.82, 2.24) is 9.88 Å². The number of hydrogen-bond acceptors (Lipinski definition) is 4. The third kappa shape index (κ3) is 3.65. The first-order valence-electron chi connectivity index (χ1n) is 8.47. The van der Waals surface area contributed by atoms with E-state index in [2.05, 4.69) is 24.0 Å². The Balaban J connectivity index is 1.69. The van der Waals surface area contributed by atoms with Crippen LogP contribution in [0.5, 0.6) is 0 Å². The quantitative estimate of drug-likeness (QED) is 0.937. The molecule has 4 heteroatoms. The van der Waals surface area contributed by atoms with E-state index in [1.807, 2.05) is 26.0 Å². The number of oxazole rings is 1. The van der Waals surface area contributed by atoms with E-state index in [1.165, 1.54) is 5.56 Å². The van der Waals surface area contributed by atoms with Gasteiger partial charge < -0.3 is 9.52 Å². The maximum Gasteiger partial charge on any atom is 0.226 e. The van der Waals surface area contributed by atoms with Crippen LogP contribution in [-0.4, -0.2) is 34.2 Å². The van der Waals surface area contributed by atoms with Gasteiger partial charge in [0.2, 0.25) is 5.89 Å². The lowest BCUT2D eigenvalue weighted by molar-refractivity contribution is 0.0690. The number of aliphatic hydroxyl groups is 1. The minimum absolute atomic E-state index is 0.196. The van der Waals surface area contributed by atoms with Crippen LogP contribution in [0, 0.1) is 19.8 Å². The van der Waals surface area contributed by atoms with Gasteiger partial charge in [0.15, 0.2) is 0 Å². The zero-order chi connectivity index (χ0) is 16.4. The van der Waals surface area contributed by atoms with Gasteiger partial charge in [0.25, 0.3) is 0 Å². The number of likely N-dealkylation sites (tertiary alicyclic amines) is 1. The van der Waals surface area contributed by atoms with Gasteiger partial charge in [0.05, 0.1) is 11.8 Å². The van der Waals surface area contributed by atoms with Crippen molar-refractivity contribution in [2.45, 2.75) is 46.3 Å². The summed E-state index contributed by atoms with van der Waals surface area (Å²) in [5.41, 5.74) is 3.27. The molecule has 2 heterocycles. The third-order valence-corrected chi connectivity index (χ3v) is 4.96. The van der Waals surface area contributed by atoms with E-state index >= 15 is 0 Å². The van der Waals surface area contributed by atoms with E-state index in [1.54, 1.807) is 0 Å². The number of nitrogens with zero attached hydrogens (tertiary/aromatic N) is 2. The molecule has 1 aliphatic rings. The van der Waals surface area contributed by atoms with Gasteiger partial charge in [-0.15, -0.1) is 0 Å². The fourth-order valence-corrected chi connectivity index (χ4v) is 3.31. The van der Waals surface area contributed by atoms with Gasteiger partial charge in [-0.05, 0) is 64.3 Å². The van der Waals surface area contributed by atoms with E-state index in [4.69, 9.17) is 9.40 Å². The zero-order valence-electron chi connectivity index (χ0n) is 14.2. The molecule has 1 N–H and O–H groups in total. The summed E-state index contributed by atoms with van der Waals surface area (Å²) in [5, 5.41) is 9.71. The van der Waals surface area contributed by atoms with E-state index in [9.17, 15) is 5.11 Å². The lowest BCUT2D eigenvalue weighted by Gasteiger charge is -2.32. The van der Waals surface area contributed by atoms with Crippen molar-refractivity contribution in [1.29, 1.82) is 0 Å². The second-order valence-electron chi connectivity index (χ2n) is 6.69. The van der Waals surface area contributed by atoms with Crippen molar-refractivity contribution in [2.75, 3.05) is 13.1 Å². The molecule has 0 unspecified atom stereocenters. The Morgan fingerprint density at radius 1 is 1.26 bits per heavy atom. The topological polar surface area (TPSA) is 49.5 Å². The Labute approximate surface area is 138 Å². The summed E-state index contributed by atoms with van der Waals surface area (Å²) in [4.78, 5) is 7.14. The van der Waals surface area contributed by atoms with Gasteiger partial charge in [0, 0.05) is 12.1 Å². The number of aliphatic hydroxyl groups excluding tert-OH is 1. The van der Waals surface area contributed by atoms with Crippen LogP contribution in [0.25, 0.3) is 11.5 Å². The van der Waals surface area contributed by atoms with Crippen LogP contribution < -0.4 is 0 Å². The fourth-order valence-electron chi connectivity index (χ4n) is 3.31. The van der Waals surface area contributed by atoms with Crippen LogP contribution in [-0.2, 0) is 6.54 Å². The molecule has 124 valence electrons. The summed E-state index contributed by atoms with van der Waals surface area (Å²) in [7, 11) is 0. The lowest BCUT2D eigenvalue weighted by Crippen LogP contribution is -2.36. The smallest absolute Gasteiger partial charge is 0.226 e. The van der Waals surface area contributed by atoms with Crippen molar-refractivity contribution in [3.8, 4) is 11.5 Å². The molecule has 2 aromatic rings. The van der Waals surface area contributed by atoms with Gasteiger partial charge in [0.1, 0.15) is 5.76 Å². The average molecular weight is 314 g/mol. The highest BCUT2D eigenvalue weighted by molar-refractivity contribution is 5.58. The molecule has 0 bridgehead atoms. The van der Waals surface area contributed by atoms with Crippen LogP contribution in [0.4, 0.5) is 0 Å². The van der Waals surface area contributed by atoms with E-state index in [0.717, 1.165) is 55.4 Å². The number of rotatable bonds is 4. The van der Waals surface area contributed by atoms with Gasteiger partial charge in [-0.2, -0.15) is 0 Å². The van der Waals surface area contributed by atoms with Crippen LogP contribution in [0.15, 0.2) is 28.7 Å². The molecule has 0 spiro atoms. The number of aryl methyl sites for hydroxylation is 2. The van der Waals surface area contributed by atoms with Gasteiger partial charge in [-0.25, -0.2) is 4.98 Å². The van der Waals surface area contributed by atoms with Crippen molar-refractivity contribution in [3.05, 3.63) is 41.3 Å². The van der Waals surface area contributed by atoms with Crippen LogP contribution in [0.1, 0.15) is 36.8 Å². The highest BCUT2D eigenvalue weighted by Gasteiger charge is 2.24. The molecule has 3 rings (SSSR count). The largest absolute Gasteiger partial charge is 0.441 e. The van der Waals surface area contributed by atoms with Crippen LogP contribution >= 0.6 is 0 Å². The third-order valence-electron chi connectivity index (χ3n) is 4.96. The molecule has 1 fully saturated rings. The molecule has 0 saturated carbocycles. The minimum atomic E-state index is -0.196. The second kappa shape index (κ2) is 6.85. The first kappa shape index (κ1) is 16.2. The Bertz CT molecular complexity index is 655. The molecule has 23 heavy (non-hydrogen) atoms. The SMILES string of the molecule is Cc1ccccc1-c1nc(CN2CCC([C@H](C)O)CC2)c(C)o1. The van der Waals surface area contributed by atoms with E-state index in [0.29, 0.717) is 5.92 Å². The Kier molecular flexibility index (Phi) is 4.83. The normalized spacial score (nSPS) is 18.3. The molecule has 1 atom stereocenters. The molecule has 1 aliphatic heterocycles. The molecule has 1 aromatic heterocycles. The molecular formula is C19H26N2O2. The summed E-state index contributed by atoms with van der Waals surface area (Å²) in [6.07, 6.45) is 1.91. The summed E-state index contributed by atoms with van der Waals surface area (Å²) >= 11 is 0. The van der Waals surface area contributed by atoms with Crippen LogP contribution in [0.3, 0.4) is 0 Å². The average Bonchev–Trinajstić information content (AvgIpc) is 2.89. The first-order valence-corrected chi connectivity index (χ1v) is 8.47. The monoisotopic (exact) mass is 314 g/mol. The molecule has 0 aliphatic carbocycles. The van der Waals surface area contributed by atoms with Gasteiger partial charge in [-0.3, -0.25) is 4.90 Å². The zero-order valence-corrected chi connectivity index (χ0v) is 14.2. The predicted octanol–water partition coefficient (Wildman–Crippen LogP) is 3.55. The van der Waals surface area contributed by atoms with E-state index < -0.39 is 0 Å². The van der Waals surface area contributed by atoms with Gasteiger partial charge >= 0.3 is 0 Å². The molecule has 4 nitrogen and oxygen atoms in total. The van der Waals surface area contributed by atoms with Crippen molar-refractivity contribution >= 4 is 0 Å². The summed E-state index contributed by atoms with van der Waals surface area (Å²) in [6, 6.07) is 8.18. The summed E-state index contributed by atoms with van der Waals surface area (Å²) < 4.78 is 5.90. The number of benzene rings is 1. The lowest BCUT2D eigenvalue weighted by atomic mass is 9.92. The Morgan fingerprint density at radius 3 is 2.61 bits per heavy atom. The molecule has 1 aromatic carbocycles. The minimum Gasteiger partial charge on any atom is -0.441 e.